The van der Waals surface area contributed by atoms with Crippen LogP contribution in [-0.2, 0) is 13.1 Å². The lowest BCUT2D eigenvalue weighted by molar-refractivity contribution is 0.187. The van der Waals surface area contributed by atoms with E-state index in [1.807, 2.05) is 0 Å². The fraction of sp³-hybridized carbons (Fsp3) is 0.500. The first kappa shape index (κ1) is 22.6. The quantitative estimate of drug-likeness (QED) is 0.607. The van der Waals surface area contributed by atoms with Gasteiger partial charge in [0.1, 0.15) is 12.4 Å². The number of hydrogen-bond acceptors (Lipinski definition) is 7. The van der Waals surface area contributed by atoms with Crippen LogP contribution in [0.25, 0.3) is 10.8 Å². The fourth-order valence-corrected chi connectivity index (χ4v) is 5.97. The molecule has 0 spiro atoms. The van der Waals surface area contributed by atoms with Gasteiger partial charge in [0, 0.05) is 54.9 Å². The van der Waals surface area contributed by atoms with Gasteiger partial charge in [0.2, 0.25) is 0 Å². The number of aryl methyl sites for hydroxylation is 1. The van der Waals surface area contributed by atoms with Crippen LogP contribution in [0.1, 0.15) is 36.6 Å². The molecule has 0 saturated carbocycles. The Labute approximate surface area is 208 Å². The van der Waals surface area contributed by atoms with Crippen LogP contribution in [0, 0.1) is 6.92 Å². The number of piperazine rings is 1. The molecule has 0 radical (unpaired) electrons. The summed E-state index contributed by atoms with van der Waals surface area (Å²) < 4.78 is 6.26. The molecule has 6 rings (SSSR count). The van der Waals surface area contributed by atoms with Gasteiger partial charge in [-0.15, -0.1) is 0 Å². The van der Waals surface area contributed by atoms with Crippen molar-refractivity contribution in [1.29, 1.82) is 0 Å². The summed E-state index contributed by atoms with van der Waals surface area (Å²) in [5.74, 6) is 1.05. The highest BCUT2D eigenvalue weighted by atomic mass is 16.5. The summed E-state index contributed by atoms with van der Waals surface area (Å²) >= 11 is 0. The molecule has 4 heterocycles. The second-order valence-corrected chi connectivity index (χ2v) is 10.4. The predicted octanol–water partition coefficient (Wildman–Crippen LogP) is 3.73. The molecule has 7 nitrogen and oxygen atoms in total. The number of nitrogens with one attached hydrogen (secondary N) is 1. The Morgan fingerprint density at radius 1 is 1.09 bits per heavy atom. The summed E-state index contributed by atoms with van der Waals surface area (Å²) in [6.45, 7) is 10.7. The highest BCUT2D eigenvalue weighted by molar-refractivity contribution is 5.97. The molecule has 2 aromatic carbocycles. The van der Waals surface area contributed by atoms with E-state index in [1.54, 1.807) is 0 Å². The summed E-state index contributed by atoms with van der Waals surface area (Å²) in [5, 5.41) is 6.12. The van der Waals surface area contributed by atoms with Crippen molar-refractivity contribution >= 4 is 22.3 Å². The van der Waals surface area contributed by atoms with Crippen molar-refractivity contribution in [3.05, 3.63) is 53.2 Å². The zero-order chi connectivity index (χ0) is 23.9. The molecule has 1 aromatic heterocycles. The van der Waals surface area contributed by atoms with Gasteiger partial charge in [0.05, 0.1) is 12.2 Å². The summed E-state index contributed by atoms with van der Waals surface area (Å²) in [4.78, 5) is 17.3. The Morgan fingerprint density at radius 3 is 2.74 bits per heavy atom. The largest absolute Gasteiger partial charge is 0.462 e. The van der Waals surface area contributed by atoms with Crippen molar-refractivity contribution in [1.82, 2.24) is 20.2 Å². The summed E-state index contributed by atoms with van der Waals surface area (Å²) in [7, 11) is 2.18. The normalized spacial score (nSPS) is 22.7. The second-order valence-electron chi connectivity index (χ2n) is 10.4. The van der Waals surface area contributed by atoms with Gasteiger partial charge >= 0.3 is 6.01 Å². The number of fused-ring (bicyclic) bond motifs is 2. The average molecular weight is 473 g/mol. The maximum atomic E-state index is 6.26. The third-order valence-corrected chi connectivity index (χ3v) is 8.02. The minimum Gasteiger partial charge on any atom is -0.462 e. The molecule has 2 atom stereocenters. The standard InChI is InChI=1S/C28H36N6O/c1-19-7-4-8-21-9-5-11-25(26(19)21)33-16-23-24(17-33)30-28(35-18-22-10-6-13-32(22)3)31-27(23)34-14-12-29-15-20(34)2/h4-5,7-9,11,20,22,29H,6,10,12-18H2,1-3H3. The van der Waals surface area contributed by atoms with Crippen molar-refractivity contribution in [3.8, 4) is 6.01 Å². The molecule has 2 saturated heterocycles. The molecule has 7 heteroatoms. The number of likely N-dealkylation sites (N-methyl/N-ethyl adjacent to an activating group) is 1. The monoisotopic (exact) mass is 472 g/mol. The smallest absolute Gasteiger partial charge is 0.318 e. The third-order valence-electron chi connectivity index (χ3n) is 8.02. The van der Waals surface area contributed by atoms with Crippen molar-refractivity contribution in [2.24, 2.45) is 0 Å². The highest BCUT2D eigenvalue weighted by Crippen LogP contribution is 2.38. The second kappa shape index (κ2) is 9.28. The molecule has 3 aromatic rings. The van der Waals surface area contributed by atoms with Crippen LogP contribution in [0.2, 0.25) is 0 Å². The molecule has 2 unspecified atom stereocenters. The number of rotatable bonds is 5. The van der Waals surface area contributed by atoms with Crippen LogP contribution in [-0.4, -0.2) is 66.8 Å². The Bertz CT molecular complexity index is 1220. The minimum absolute atomic E-state index is 0.380. The Balaban J connectivity index is 1.35. The zero-order valence-corrected chi connectivity index (χ0v) is 21.1. The van der Waals surface area contributed by atoms with Gasteiger partial charge in [-0.2, -0.15) is 9.97 Å². The summed E-state index contributed by atoms with van der Waals surface area (Å²) in [6.07, 6.45) is 2.41. The van der Waals surface area contributed by atoms with Crippen LogP contribution in [0.5, 0.6) is 6.01 Å². The number of hydrogen-bond donors (Lipinski definition) is 1. The SMILES string of the molecule is Cc1cccc2cccc(N3Cc4nc(OCC5CCCN5C)nc(N5CCNCC5C)c4C3)c12. The first-order valence-corrected chi connectivity index (χ1v) is 13.0. The maximum Gasteiger partial charge on any atom is 0.318 e. The van der Waals surface area contributed by atoms with Crippen molar-refractivity contribution < 1.29 is 4.74 Å². The number of nitrogens with zero attached hydrogens (tertiary/aromatic N) is 5. The molecule has 0 amide bonds. The van der Waals surface area contributed by atoms with E-state index in [9.17, 15) is 0 Å². The van der Waals surface area contributed by atoms with Crippen LogP contribution in [0.15, 0.2) is 36.4 Å². The molecule has 3 aliphatic heterocycles. The lowest BCUT2D eigenvalue weighted by Crippen LogP contribution is -2.50. The van der Waals surface area contributed by atoms with Crippen molar-refractivity contribution in [2.75, 3.05) is 49.6 Å². The van der Waals surface area contributed by atoms with E-state index in [-0.39, 0.29) is 0 Å². The topological polar surface area (TPSA) is 56.8 Å². The predicted molar refractivity (Wildman–Crippen MR) is 141 cm³/mol. The van der Waals surface area contributed by atoms with Gasteiger partial charge in [-0.1, -0.05) is 30.3 Å². The summed E-state index contributed by atoms with van der Waals surface area (Å²) in [6, 6.07) is 14.5. The average Bonchev–Trinajstić information content (AvgIpc) is 3.48. The highest BCUT2D eigenvalue weighted by Gasteiger charge is 2.32. The van der Waals surface area contributed by atoms with Crippen LogP contribution in [0.3, 0.4) is 0 Å². The first-order chi connectivity index (χ1) is 17.1. The van der Waals surface area contributed by atoms with Gasteiger partial charge in [0.25, 0.3) is 0 Å². The number of likely N-dealkylation sites (tertiary alicyclic amines) is 1. The third kappa shape index (κ3) is 4.21. The molecule has 1 N–H and O–H groups in total. The van der Waals surface area contributed by atoms with E-state index in [2.05, 4.69) is 77.3 Å². The number of anilines is 2. The number of ether oxygens (including phenoxy) is 1. The van der Waals surface area contributed by atoms with E-state index in [0.717, 1.165) is 50.8 Å². The van der Waals surface area contributed by atoms with Gasteiger partial charge in [0.15, 0.2) is 0 Å². The lowest BCUT2D eigenvalue weighted by Gasteiger charge is -2.36. The molecular weight excluding hydrogens is 436 g/mol. The van der Waals surface area contributed by atoms with Crippen molar-refractivity contribution in [3.63, 3.8) is 0 Å². The zero-order valence-electron chi connectivity index (χ0n) is 21.1. The van der Waals surface area contributed by atoms with Gasteiger partial charge in [-0.05, 0) is 57.3 Å². The van der Waals surface area contributed by atoms with E-state index >= 15 is 0 Å². The molecule has 184 valence electrons. The fourth-order valence-electron chi connectivity index (χ4n) is 5.97. The van der Waals surface area contributed by atoms with Crippen molar-refractivity contribution in [2.45, 2.75) is 51.9 Å². The van der Waals surface area contributed by atoms with Gasteiger partial charge in [-0.3, -0.25) is 0 Å². The Morgan fingerprint density at radius 2 is 1.94 bits per heavy atom. The molecule has 0 aliphatic carbocycles. The van der Waals surface area contributed by atoms with Gasteiger partial charge in [-0.25, -0.2) is 0 Å². The molecule has 2 fully saturated rings. The van der Waals surface area contributed by atoms with E-state index in [4.69, 9.17) is 14.7 Å². The number of aromatic nitrogens is 2. The lowest BCUT2D eigenvalue weighted by atomic mass is 10.0. The van der Waals surface area contributed by atoms with Gasteiger partial charge < -0.3 is 24.8 Å². The minimum atomic E-state index is 0.380. The van der Waals surface area contributed by atoms with Crippen LogP contribution < -0.4 is 19.9 Å². The van der Waals surface area contributed by atoms with Crippen LogP contribution >= 0.6 is 0 Å². The molecular formula is C28H36N6O. The van der Waals surface area contributed by atoms with E-state index in [1.165, 1.54) is 40.4 Å². The molecule has 0 bridgehead atoms. The van der Waals surface area contributed by atoms with E-state index < -0.39 is 0 Å². The Kier molecular flexibility index (Phi) is 5.98. The first-order valence-electron chi connectivity index (χ1n) is 13.0. The maximum absolute atomic E-state index is 6.26. The molecule has 3 aliphatic rings. The Hall–Kier alpha value is -2.90. The summed E-state index contributed by atoms with van der Waals surface area (Å²) in [5.41, 5.74) is 4.92. The number of benzene rings is 2. The van der Waals surface area contributed by atoms with Crippen LogP contribution in [0.4, 0.5) is 11.5 Å². The van der Waals surface area contributed by atoms with E-state index in [0.29, 0.717) is 24.7 Å². The molecule has 35 heavy (non-hydrogen) atoms.